The lowest BCUT2D eigenvalue weighted by atomic mass is 10.2. The topological polar surface area (TPSA) is 137 Å². The van der Waals surface area contributed by atoms with Gasteiger partial charge < -0.3 is 21.1 Å². The van der Waals surface area contributed by atoms with E-state index in [2.05, 4.69) is 10.6 Å². The van der Waals surface area contributed by atoms with Gasteiger partial charge in [0, 0.05) is 16.6 Å². The van der Waals surface area contributed by atoms with Crippen molar-refractivity contribution in [2.45, 2.75) is 17.9 Å². The molecule has 2 rings (SSSR count). The minimum atomic E-state index is -0.629. The summed E-state index contributed by atoms with van der Waals surface area (Å²) < 4.78 is 5.12. The number of carbonyl (C=O) groups is 2. The molecule has 148 valence electrons. The molecule has 0 saturated heterocycles. The van der Waals surface area contributed by atoms with Crippen molar-refractivity contribution in [2.24, 2.45) is 5.73 Å². The standard InChI is InChI=1S/C18H20N4O5S/c1-11(20-14-5-3-4-6-16(14)28-10-17(19)23)18(24)21-13-8-7-12(22(25)26)9-15(13)27-2/h3-9,11,20H,10H2,1-2H3,(H2,19,23)(H,21,24)/t11-/m1/s1. The quantitative estimate of drug-likeness (QED) is 0.332. The summed E-state index contributed by atoms with van der Waals surface area (Å²) in [4.78, 5) is 34.7. The lowest BCUT2D eigenvalue weighted by molar-refractivity contribution is -0.384. The van der Waals surface area contributed by atoms with Crippen LogP contribution in [-0.2, 0) is 9.59 Å². The number of methoxy groups -OCH3 is 1. The fourth-order valence-electron chi connectivity index (χ4n) is 2.30. The lowest BCUT2D eigenvalue weighted by Gasteiger charge is -2.18. The molecule has 0 radical (unpaired) electrons. The summed E-state index contributed by atoms with van der Waals surface area (Å²) >= 11 is 1.27. The van der Waals surface area contributed by atoms with E-state index in [4.69, 9.17) is 10.5 Å². The lowest BCUT2D eigenvalue weighted by Crippen LogP contribution is -2.32. The number of nitro groups is 1. The Hall–Kier alpha value is -3.27. The van der Waals surface area contributed by atoms with Crippen LogP contribution in [0.1, 0.15) is 6.92 Å². The van der Waals surface area contributed by atoms with E-state index in [0.29, 0.717) is 11.4 Å². The molecule has 1 atom stereocenters. The van der Waals surface area contributed by atoms with Crippen molar-refractivity contribution in [3.05, 3.63) is 52.6 Å². The molecule has 4 N–H and O–H groups in total. The van der Waals surface area contributed by atoms with Gasteiger partial charge >= 0.3 is 0 Å². The molecule has 2 aromatic rings. The van der Waals surface area contributed by atoms with Gasteiger partial charge in [-0.25, -0.2) is 0 Å². The van der Waals surface area contributed by atoms with E-state index in [0.717, 1.165) is 4.90 Å². The van der Waals surface area contributed by atoms with Crippen LogP contribution in [0.4, 0.5) is 17.1 Å². The predicted octanol–water partition coefficient (Wildman–Crippen LogP) is 2.62. The summed E-state index contributed by atoms with van der Waals surface area (Å²) in [5, 5.41) is 16.6. The Labute approximate surface area is 165 Å². The Morgan fingerprint density at radius 2 is 1.96 bits per heavy atom. The highest BCUT2D eigenvalue weighted by Crippen LogP contribution is 2.30. The number of anilines is 2. The van der Waals surface area contributed by atoms with Crippen molar-refractivity contribution in [1.82, 2.24) is 0 Å². The van der Waals surface area contributed by atoms with Crippen molar-refractivity contribution in [3.8, 4) is 5.75 Å². The molecule has 28 heavy (non-hydrogen) atoms. The molecule has 0 bridgehead atoms. The van der Waals surface area contributed by atoms with Crippen LogP contribution in [0.3, 0.4) is 0 Å². The van der Waals surface area contributed by atoms with Gasteiger partial charge in [-0.15, -0.1) is 11.8 Å². The number of benzene rings is 2. The van der Waals surface area contributed by atoms with E-state index in [1.54, 1.807) is 19.1 Å². The van der Waals surface area contributed by atoms with Gasteiger partial charge in [0.2, 0.25) is 11.8 Å². The van der Waals surface area contributed by atoms with Gasteiger partial charge in [0.15, 0.2) is 0 Å². The number of hydrogen-bond donors (Lipinski definition) is 3. The third-order valence-electron chi connectivity index (χ3n) is 3.68. The van der Waals surface area contributed by atoms with E-state index < -0.39 is 16.9 Å². The Morgan fingerprint density at radius 3 is 2.61 bits per heavy atom. The molecule has 0 spiro atoms. The zero-order valence-corrected chi connectivity index (χ0v) is 16.1. The SMILES string of the molecule is COc1cc([N+](=O)[O-])ccc1NC(=O)[C@@H](C)Nc1ccccc1SCC(N)=O. The van der Waals surface area contributed by atoms with Gasteiger partial charge in [-0.2, -0.15) is 0 Å². The van der Waals surface area contributed by atoms with Gasteiger partial charge in [0.25, 0.3) is 5.69 Å². The molecule has 0 aliphatic carbocycles. The number of nitro benzene ring substituents is 1. The summed E-state index contributed by atoms with van der Waals surface area (Å²) in [5.74, 6) is -0.482. The van der Waals surface area contributed by atoms with Crippen LogP contribution in [0.5, 0.6) is 5.75 Å². The Balaban J connectivity index is 2.10. The second kappa shape index (κ2) is 9.60. The van der Waals surface area contributed by atoms with Crippen molar-refractivity contribution in [2.75, 3.05) is 23.5 Å². The van der Waals surface area contributed by atoms with Gasteiger partial charge in [-0.1, -0.05) is 12.1 Å². The highest BCUT2D eigenvalue weighted by atomic mass is 32.2. The largest absolute Gasteiger partial charge is 0.494 e. The van der Waals surface area contributed by atoms with Crippen molar-refractivity contribution >= 4 is 40.6 Å². The second-order valence-corrected chi connectivity index (χ2v) is 6.77. The number of thioether (sulfide) groups is 1. The van der Waals surface area contributed by atoms with Crippen LogP contribution in [0.2, 0.25) is 0 Å². The van der Waals surface area contributed by atoms with Gasteiger partial charge in [0.1, 0.15) is 11.8 Å². The molecule has 0 aliphatic rings. The molecular weight excluding hydrogens is 384 g/mol. The number of nitrogens with one attached hydrogen (secondary N) is 2. The normalized spacial score (nSPS) is 11.4. The molecule has 9 nitrogen and oxygen atoms in total. The van der Waals surface area contributed by atoms with Crippen LogP contribution < -0.4 is 21.1 Å². The first kappa shape index (κ1) is 21.0. The van der Waals surface area contributed by atoms with Crippen molar-refractivity contribution < 1.29 is 19.2 Å². The minimum absolute atomic E-state index is 0.124. The molecule has 0 fully saturated rings. The number of hydrogen-bond acceptors (Lipinski definition) is 7. The maximum atomic E-state index is 12.5. The summed E-state index contributed by atoms with van der Waals surface area (Å²) in [6.07, 6.45) is 0. The molecular formula is C18H20N4O5S. The minimum Gasteiger partial charge on any atom is -0.494 e. The van der Waals surface area contributed by atoms with Crippen LogP contribution in [-0.4, -0.2) is 35.6 Å². The number of primary amides is 1. The van der Waals surface area contributed by atoms with Crippen LogP contribution in [0.15, 0.2) is 47.4 Å². The second-order valence-electron chi connectivity index (χ2n) is 5.75. The summed E-state index contributed by atoms with van der Waals surface area (Å²) in [7, 11) is 1.36. The number of nitrogens with zero attached hydrogens (tertiary/aromatic N) is 1. The molecule has 0 heterocycles. The zero-order valence-electron chi connectivity index (χ0n) is 15.3. The highest BCUT2D eigenvalue weighted by Gasteiger charge is 2.18. The van der Waals surface area contributed by atoms with E-state index >= 15 is 0 Å². The summed E-state index contributed by atoms with van der Waals surface area (Å²) in [5.41, 5.74) is 6.06. The van der Waals surface area contributed by atoms with E-state index in [9.17, 15) is 19.7 Å². The van der Waals surface area contributed by atoms with Gasteiger partial charge in [0.05, 0.1) is 29.5 Å². The predicted molar refractivity (Wildman–Crippen MR) is 108 cm³/mol. The Kier molecular flexibility index (Phi) is 7.21. The maximum Gasteiger partial charge on any atom is 0.273 e. The first-order valence-electron chi connectivity index (χ1n) is 8.21. The Morgan fingerprint density at radius 1 is 1.25 bits per heavy atom. The molecule has 0 aliphatic heterocycles. The average Bonchev–Trinajstić information content (AvgIpc) is 2.67. The first-order chi connectivity index (χ1) is 13.3. The van der Waals surface area contributed by atoms with E-state index in [-0.39, 0.29) is 23.1 Å². The van der Waals surface area contributed by atoms with Gasteiger partial charge in [-0.3, -0.25) is 19.7 Å². The van der Waals surface area contributed by atoms with E-state index in [1.165, 1.54) is 37.1 Å². The number of non-ortho nitro benzene ring substituents is 1. The third-order valence-corrected chi connectivity index (χ3v) is 4.77. The molecule has 0 aromatic heterocycles. The number of rotatable bonds is 9. The van der Waals surface area contributed by atoms with Crippen molar-refractivity contribution in [1.29, 1.82) is 0 Å². The van der Waals surface area contributed by atoms with Crippen LogP contribution in [0, 0.1) is 10.1 Å². The van der Waals surface area contributed by atoms with Gasteiger partial charge in [-0.05, 0) is 25.1 Å². The fraction of sp³-hybridized carbons (Fsp3) is 0.222. The zero-order chi connectivity index (χ0) is 20.7. The maximum absolute atomic E-state index is 12.5. The number of nitrogens with two attached hydrogens (primary N) is 1. The first-order valence-corrected chi connectivity index (χ1v) is 9.20. The Bertz CT molecular complexity index is 890. The fourth-order valence-corrected chi connectivity index (χ4v) is 3.05. The molecule has 0 saturated carbocycles. The summed E-state index contributed by atoms with van der Waals surface area (Å²) in [6, 6.07) is 10.5. The number of ether oxygens (including phenoxy) is 1. The molecule has 0 unspecified atom stereocenters. The molecule has 2 aromatic carbocycles. The average molecular weight is 404 g/mol. The summed E-state index contributed by atoms with van der Waals surface area (Å²) in [6.45, 7) is 1.67. The van der Waals surface area contributed by atoms with Crippen LogP contribution in [0.25, 0.3) is 0 Å². The number of para-hydroxylation sites is 1. The molecule has 2 amide bonds. The molecule has 10 heteroatoms. The number of carbonyl (C=O) groups excluding carboxylic acids is 2. The number of amides is 2. The monoisotopic (exact) mass is 404 g/mol. The highest BCUT2D eigenvalue weighted by molar-refractivity contribution is 8.00. The smallest absolute Gasteiger partial charge is 0.273 e. The third kappa shape index (κ3) is 5.61. The van der Waals surface area contributed by atoms with Crippen LogP contribution >= 0.6 is 11.8 Å². The van der Waals surface area contributed by atoms with Crippen molar-refractivity contribution in [3.63, 3.8) is 0 Å². The van der Waals surface area contributed by atoms with E-state index in [1.807, 2.05) is 12.1 Å².